The first-order valence-electron chi connectivity index (χ1n) is 10.5. The molecule has 4 atom stereocenters. The normalized spacial score (nSPS) is 24.3. The van der Waals surface area contributed by atoms with Crippen LogP contribution in [0.3, 0.4) is 0 Å². The Balaban J connectivity index is 2.17. The first-order valence-corrected chi connectivity index (χ1v) is 10.5. The van der Waals surface area contributed by atoms with E-state index >= 15 is 0 Å². The van der Waals surface area contributed by atoms with Gasteiger partial charge in [-0.15, -0.1) is 0 Å². The molecule has 1 aromatic carbocycles. The molecule has 0 spiro atoms. The number of ketones is 1. The van der Waals surface area contributed by atoms with Crippen molar-refractivity contribution < 1.29 is 29.0 Å². The largest absolute Gasteiger partial charge is 0.508 e. The van der Waals surface area contributed by atoms with E-state index in [-0.39, 0.29) is 23.6 Å². The number of carbonyl (C=O) groups excluding carboxylic acids is 3. The summed E-state index contributed by atoms with van der Waals surface area (Å²) in [4.78, 5) is 39.1. The average Bonchev–Trinajstić information content (AvgIpc) is 2.72. The molecule has 1 aliphatic heterocycles. The van der Waals surface area contributed by atoms with Crippen molar-refractivity contribution in [2.45, 2.75) is 52.6 Å². The first-order chi connectivity index (χ1) is 14.7. The van der Waals surface area contributed by atoms with Crippen LogP contribution < -0.4 is 5.32 Å². The van der Waals surface area contributed by atoms with E-state index in [2.05, 4.69) is 5.32 Å². The highest BCUT2D eigenvalue weighted by Crippen LogP contribution is 2.46. The number of hydrogen-bond donors (Lipinski definition) is 2. The predicted octanol–water partition coefficient (Wildman–Crippen LogP) is 3.35. The number of nitrogens with one attached hydrogen (secondary N) is 1. The minimum Gasteiger partial charge on any atom is -0.508 e. The van der Waals surface area contributed by atoms with Gasteiger partial charge in [0.1, 0.15) is 11.7 Å². The first kappa shape index (κ1) is 22.6. The number of esters is 2. The van der Waals surface area contributed by atoms with Gasteiger partial charge in [-0.3, -0.25) is 9.59 Å². The summed E-state index contributed by atoms with van der Waals surface area (Å²) >= 11 is 0. The third kappa shape index (κ3) is 4.22. The number of carbonyl (C=O) groups is 3. The molecule has 166 valence electrons. The molecule has 1 aromatic rings. The SMILES string of the molecule is CC[C@@H](C)OC(=O)C1=C(C)NC2=C(C(=O)[C@H](C(=O)OC)[C@H](C)C2)[C@H]1c1cccc(O)c1. The number of dihydropyridines is 1. The van der Waals surface area contributed by atoms with Gasteiger partial charge in [-0.1, -0.05) is 26.0 Å². The molecule has 0 saturated carbocycles. The van der Waals surface area contributed by atoms with Crippen molar-refractivity contribution in [1.29, 1.82) is 0 Å². The highest BCUT2D eigenvalue weighted by atomic mass is 16.5. The number of aromatic hydroxyl groups is 1. The zero-order chi connectivity index (χ0) is 22.9. The quantitative estimate of drug-likeness (QED) is 0.549. The van der Waals surface area contributed by atoms with Crippen LogP contribution in [-0.2, 0) is 23.9 Å². The van der Waals surface area contributed by atoms with Gasteiger partial charge in [0, 0.05) is 22.9 Å². The monoisotopic (exact) mass is 427 g/mol. The lowest BCUT2D eigenvalue weighted by Gasteiger charge is -2.38. The van der Waals surface area contributed by atoms with Gasteiger partial charge >= 0.3 is 11.9 Å². The molecule has 2 aliphatic rings. The summed E-state index contributed by atoms with van der Waals surface area (Å²) in [6.07, 6.45) is 0.816. The summed E-state index contributed by atoms with van der Waals surface area (Å²) in [5, 5.41) is 13.3. The van der Waals surface area contributed by atoms with Crippen LogP contribution >= 0.6 is 0 Å². The van der Waals surface area contributed by atoms with Gasteiger partial charge in [0.25, 0.3) is 0 Å². The zero-order valence-electron chi connectivity index (χ0n) is 18.5. The van der Waals surface area contributed by atoms with Crippen LogP contribution in [0.5, 0.6) is 5.75 Å². The van der Waals surface area contributed by atoms with Gasteiger partial charge < -0.3 is 19.9 Å². The molecule has 1 aliphatic carbocycles. The third-order valence-electron chi connectivity index (χ3n) is 6.05. The molecule has 0 aromatic heterocycles. The van der Waals surface area contributed by atoms with E-state index in [9.17, 15) is 19.5 Å². The summed E-state index contributed by atoms with van der Waals surface area (Å²) in [5.41, 5.74) is 2.51. The Kier molecular flexibility index (Phi) is 6.53. The number of phenols is 1. The molecular weight excluding hydrogens is 398 g/mol. The Morgan fingerprint density at radius 1 is 1.32 bits per heavy atom. The molecule has 0 bridgehead atoms. The van der Waals surface area contributed by atoms with E-state index in [4.69, 9.17) is 9.47 Å². The fourth-order valence-electron chi connectivity index (χ4n) is 4.32. The highest BCUT2D eigenvalue weighted by molar-refractivity contribution is 6.12. The topological polar surface area (TPSA) is 102 Å². The number of ether oxygens (including phenoxy) is 2. The van der Waals surface area contributed by atoms with Crippen molar-refractivity contribution in [3.63, 3.8) is 0 Å². The molecule has 3 rings (SSSR count). The van der Waals surface area contributed by atoms with Crippen LogP contribution in [0.25, 0.3) is 0 Å². The lowest BCUT2D eigenvalue weighted by molar-refractivity contribution is -0.151. The van der Waals surface area contributed by atoms with Gasteiger partial charge in [-0.05, 0) is 50.3 Å². The second kappa shape index (κ2) is 8.96. The van der Waals surface area contributed by atoms with E-state index in [1.54, 1.807) is 26.0 Å². The van der Waals surface area contributed by atoms with Crippen molar-refractivity contribution in [2.24, 2.45) is 11.8 Å². The number of Topliss-reactive ketones (excluding diaryl/α,β-unsaturated/α-hetero) is 1. The number of hydrogen-bond acceptors (Lipinski definition) is 7. The summed E-state index contributed by atoms with van der Waals surface area (Å²) < 4.78 is 10.5. The number of allylic oxidation sites excluding steroid dienone is 3. The summed E-state index contributed by atoms with van der Waals surface area (Å²) in [6.45, 7) is 7.33. The minimum absolute atomic E-state index is 0.0200. The number of benzene rings is 1. The maximum atomic E-state index is 13.6. The second-order valence-electron chi connectivity index (χ2n) is 8.25. The van der Waals surface area contributed by atoms with Crippen molar-refractivity contribution in [1.82, 2.24) is 5.32 Å². The van der Waals surface area contributed by atoms with Gasteiger partial charge in [-0.25, -0.2) is 4.79 Å². The summed E-state index contributed by atoms with van der Waals surface area (Å²) in [6, 6.07) is 6.47. The van der Waals surface area contributed by atoms with Crippen LogP contribution in [0.1, 0.15) is 52.0 Å². The van der Waals surface area contributed by atoms with E-state index < -0.39 is 23.8 Å². The molecule has 1 heterocycles. The Morgan fingerprint density at radius 2 is 2.03 bits per heavy atom. The van der Waals surface area contributed by atoms with Crippen LogP contribution in [0.15, 0.2) is 46.8 Å². The molecule has 0 amide bonds. The van der Waals surface area contributed by atoms with Crippen LogP contribution in [0.4, 0.5) is 0 Å². The Bertz CT molecular complexity index is 976. The summed E-state index contributed by atoms with van der Waals surface area (Å²) in [5.74, 6) is -3.43. The van der Waals surface area contributed by atoms with Crippen molar-refractivity contribution in [3.8, 4) is 5.75 Å². The van der Waals surface area contributed by atoms with Crippen molar-refractivity contribution in [3.05, 3.63) is 52.4 Å². The van der Waals surface area contributed by atoms with Crippen LogP contribution in [0.2, 0.25) is 0 Å². The van der Waals surface area contributed by atoms with Gasteiger partial charge in [0.05, 0.1) is 18.8 Å². The number of methoxy groups -OCH3 is 1. The molecule has 0 fully saturated rings. The molecule has 7 heteroatoms. The molecule has 0 unspecified atom stereocenters. The molecule has 2 N–H and O–H groups in total. The smallest absolute Gasteiger partial charge is 0.337 e. The van der Waals surface area contributed by atoms with Gasteiger partial charge in [0.15, 0.2) is 5.78 Å². The molecule has 31 heavy (non-hydrogen) atoms. The fraction of sp³-hybridized carbons (Fsp3) is 0.458. The Hall–Kier alpha value is -3.09. The van der Waals surface area contributed by atoms with E-state index in [1.165, 1.54) is 19.2 Å². The van der Waals surface area contributed by atoms with E-state index in [0.29, 0.717) is 40.9 Å². The van der Waals surface area contributed by atoms with Crippen molar-refractivity contribution >= 4 is 17.7 Å². The van der Waals surface area contributed by atoms with Gasteiger partial charge in [-0.2, -0.15) is 0 Å². The molecule has 0 saturated heterocycles. The second-order valence-corrected chi connectivity index (χ2v) is 8.25. The zero-order valence-corrected chi connectivity index (χ0v) is 18.5. The van der Waals surface area contributed by atoms with E-state index in [0.717, 1.165) is 0 Å². The minimum atomic E-state index is -0.949. The maximum Gasteiger partial charge on any atom is 0.337 e. The maximum absolute atomic E-state index is 13.6. The van der Waals surface area contributed by atoms with Crippen LogP contribution in [-0.4, -0.2) is 36.0 Å². The number of phenolic OH excluding ortho intramolecular Hbond substituents is 1. The van der Waals surface area contributed by atoms with Crippen LogP contribution in [0, 0.1) is 11.8 Å². The molecular formula is C24H29NO6. The standard InChI is InChI=1S/C24H29NO6/c1-6-13(3)31-24(29)19-14(4)25-17-10-12(2)18(23(28)30-5)22(27)21(17)20(19)15-8-7-9-16(26)11-15/h7-9,11-13,18,20,25-26H,6,10H2,1-5H3/t12-,13-,18-,20+/m1/s1. The lowest BCUT2D eigenvalue weighted by Crippen LogP contribution is -2.43. The lowest BCUT2D eigenvalue weighted by atomic mass is 9.69. The molecule has 0 radical (unpaired) electrons. The van der Waals surface area contributed by atoms with E-state index in [1.807, 2.05) is 13.8 Å². The number of rotatable bonds is 5. The highest BCUT2D eigenvalue weighted by Gasteiger charge is 2.47. The predicted molar refractivity (Wildman–Crippen MR) is 114 cm³/mol. The van der Waals surface area contributed by atoms with Gasteiger partial charge in [0.2, 0.25) is 0 Å². The Labute approximate surface area is 182 Å². The average molecular weight is 427 g/mol. The summed E-state index contributed by atoms with van der Waals surface area (Å²) in [7, 11) is 1.26. The molecule has 7 nitrogen and oxygen atoms in total. The Morgan fingerprint density at radius 3 is 2.65 bits per heavy atom. The third-order valence-corrected chi connectivity index (χ3v) is 6.05. The van der Waals surface area contributed by atoms with Crippen molar-refractivity contribution in [2.75, 3.05) is 7.11 Å². The fourth-order valence-corrected chi connectivity index (χ4v) is 4.32.